The van der Waals surface area contributed by atoms with Crippen LogP contribution in [-0.4, -0.2) is 60.8 Å². The minimum absolute atomic E-state index is 0.152. The van der Waals surface area contributed by atoms with E-state index in [1.807, 2.05) is 6.92 Å². The van der Waals surface area contributed by atoms with Gasteiger partial charge in [-0.05, 0) is 44.5 Å². The summed E-state index contributed by atoms with van der Waals surface area (Å²) in [6.45, 7) is 4.60. The largest absolute Gasteiger partial charge is 0.395 e. The second-order valence-electron chi connectivity index (χ2n) is 6.30. The molecule has 26 heavy (non-hydrogen) atoms. The van der Waals surface area contributed by atoms with Gasteiger partial charge in [-0.3, -0.25) is 9.69 Å². The van der Waals surface area contributed by atoms with Crippen molar-refractivity contribution >= 4 is 29.2 Å². The molecular weight excluding hydrogens is 356 g/mol. The van der Waals surface area contributed by atoms with Crippen LogP contribution in [0.25, 0.3) is 0 Å². The lowest BCUT2D eigenvalue weighted by atomic mass is 10.0. The molecule has 0 spiro atoms. The molecule has 1 saturated heterocycles. The zero-order chi connectivity index (χ0) is 18.9. The zero-order valence-corrected chi connectivity index (χ0v) is 15.8. The van der Waals surface area contributed by atoms with Gasteiger partial charge in [0.1, 0.15) is 0 Å². The molecule has 0 aliphatic carbocycles. The van der Waals surface area contributed by atoms with Crippen molar-refractivity contribution in [3.8, 4) is 0 Å². The van der Waals surface area contributed by atoms with Crippen LogP contribution in [0.15, 0.2) is 18.2 Å². The minimum Gasteiger partial charge on any atom is -0.395 e. The van der Waals surface area contributed by atoms with E-state index >= 15 is 0 Å². The Balaban J connectivity index is 1.84. The Morgan fingerprint density at radius 1 is 1.31 bits per heavy atom. The number of piperidine rings is 1. The maximum Gasteiger partial charge on any atom is 0.319 e. The summed E-state index contributed by atoms with van der Waals surface area (Å²) in [5.41, 5.74) is 0.824. The number of aliphatic hydroxyl groups excluding tert-OH is 1. The molecule has 3 amide bonds. The van der Waals surface area contributed by atoms with E-state index in [4.69, 9.17) is 11.6 Å². The third-order valence-corrected chi connectivity index (χ3v) is 4.78. The van der Waals surface area contributed by atoms with Crippen LogP contribution in [0.2, 0.25) is 5.02 Å². The van der Waals surface area contributed by atoms with Gasteiger partial charge in [-0.2, -0.15) is 0 Å². The van der Waals surface area contributed by atoms with Gasteiger partial charge in [0.25, 0.3) is 5.91 Å². The number of hydrogen-bond acceptors (Lipinski definition) is 4. The standard InChI is InChI=1S/C18H27ClN4O3/c1-2-20-17(25)15-11-13(6-7-16(15)19)22-18(26)21-8-10-23-9-4-3-5-14(23)12-24/h6-7,11,14,24H,2-5,8-10,12H2,1H3,(H,20,25)(H2,21,22,26). The molecule has 2 rings (SSSR count). The molecule has 0 bridgehead atoms. The molecule has 1 heterocycles. The lowest BCUT2D eigenvalue weighted by molar-refractivity contribution is 0.0917. The molecule has 144 valence electrons. The summed E-state index contributed by atoms with van der Waals surface area (Å²) in [6, 6.07) is 4.63. The van der Waals surface area contributed by atoms with Gasteiger partial charge in [0.2, 0.25) is 0 Å². The highest BCUT2D eigenvalue weighted by molar-refractivity contribution is 6.34. The normalized spacial score (nSPS) is 17.6. The number of likely N-dealkylation sites (tertiary alicyclic amines) is 1. The number of carbonyl (C=O) groups is 2. The second kappa shape index (κ2) is 10.4. The Hall–Kier alpha value is -1.83. The molecule has 1 aliphatic rings. The van der Waals surface area contributed by atoms with Crippen LogP contribution in [0.5, 0.6) is 0 Å². The Morgan fingerprint density at radius 2 is 2.12 bits per heavy atom. The lowest BCUT2D eigenvalue weighted by Crippen LogP contribution is -2.46. The summed E-state index contributed by atoms with van der Waals surface area (Å²) in [6.07, 6.45) is 3.26. The fraction of sp³-hybridized carbons (Fsp3) is 0.556. The van der Waals surface area contributed by atoms with Crippen LogP contribution in [0.1, 0.15) is 36.5 Å². The van der Waals surface area contributed by atoms with Crippen molar-refractivity contribution < 1.29 is 14.7 Å². The van der Waals surface area contributed by atoms with Crippen molar-refractivity contribution in [2.75, 3.05) is 38.1 Å². The number of anilines is 1. The SMILES string of the molecule is CCNC(=O)c1cc(NC(=O)NCCN2CCCCC2CO)ccc1Cl. The lowest BCUT2D eigenvalue weighted by Gasteiger charge is -2.34. The molecule has 1 aromatic carbocycles. The van der Waals surface area contributed by atoms with E-state index in [0.717, 1.165) is 25.8 Å². The molecule has 8 heteroatoms. The Kier molecular flexibility index (Phi) is 8.15. The molecule has 0 radical (unpaired) electrons. The molecular formula is C18H27ClN4O3. The molecule has 4 N–H and O–H groups in total. The zero-order valence-electron chi connectivity index (χ0n) is 15.1. The fourth-order valence-electron chi connectivity index (χ4n) is 3.08. The average molecular weight is 383 g/mol. The third-order valence-electron chi connectivity index (χ3n) is 4.45. The quantitative estimate of drug-likeness (QED) is 0.580. The van der Waals surface area contributed by atoms with Gasteiger partial charge in [-0.1, -0.05) is 18.0 Å². The summed E-state index contributed by atoms with van der Waals surface area (Å²) in [5, 5.41) is 17.9. The van der Waals surface area contributed by atoms with E-state index in [1.165, 1.54) is 0 Å². The third kappa shape index (κ3) is 5.86. The summed E-state index contributed by atoms with van der Waals surface area (Å²) < 4.78 is 0. The maximum atomic E-state index is 12.1. The smallest absolute Gasteiger partial charge is 0.319 e. The van der Waals surface area contributed by atoms with Gasteiger partial charge in [0, 0.05) is 31.4 Å². The van der Waals surface area contributed by atoms with Gasteiger partial charge in [-0.15, -0.1) is 0 Å². The Morgan fingerprint density at radius 3 is 2.85 bits per heavy atom. The van der Waals surface area contributed by atoms with E-state index in [2.05, 4.69) is 20.9 Å². The number of urea groups is 1. The second-order valence-corrected chi connectivity index (χ2v) is 6.71. The van der Waals surface area contributed by atoms with E-state index in [0.29, 0.717) is 35.9 Å². The summed E-state index contributed by atoms with van der Waals surface area (Å²) in [4.78, 5) is 26.2. The van der Waals surface area contributed by atoms with E-state index in [-0.39, 0.29) is 24.6 Å². The summed E-state index contributed by atoms with van der Waals surface area (Å²) >= 11 is 6.05. The van der Waals surface area contributed by atoms with Gasteiger partial charge < -0.3 is 21.1 Å². The maximum absolute atomic E-state index is 12.1. The molecule has 0 aromatic heterocycles. The highest BCUT2D eigenvalue weighted by Crippen LogP contribution is 2.20. The van der Waals surface area contributed by atoms with E-state index in [9.17, 15) is 14.7 Å². The van der Waals surface area contributed by atoms with Crippen molar-refractivity contribution in [1.29, 1.82) is 0 Å². The molecule has 1 atom stereocenters. The van der Waals surface area contributed by atoms with Gasteiger partial charge in [0.15, 0.2) is 0 Å². The first-order valence-corrected chi connectivity index (χ1v) is 9.40. The van der Waals surface area contributed by atoms with Crippen molar-refractivity contribution in [1.82, 2.24) is 15.5 Å². The topological polar surface area (TPSA) is 93.7 Å². The minimum atomic E-state index is -0.341. The first-order chi connectivity index (χ1) is 12.5. The monoisotopic (exact) mass is 382 g/mol. The molecule has 7 nitrogen and oxygen atoms in total. The van der Waals surface area contributed by atoms with Crippen molar-refractivity contribution in [3.63, 3.8) is 0 Å². The van der Waals surface area contributed by atoms with Crippen molar-refractivity contribution in [2.24, 2.45) is 0 Å². The number of nitrogens with zero attached hydrogens (tertiary/aromatic N) is 1. The van der Waals surface area contributed by atoms with E-state index in [1.54, 1.807) is 18.2 Å². The molecule has 1 unspecified atom stereocenters. The summed E-state index contributed by atoms with van der Waals surface area (Å²) in [7, 11) is 0. The van der Waals surface area contributed by atoms with Crippen LogP contribution in [0, 0.1) is 0 Å². The number of benzene rings is 1. The summed E-state index contributed by atoms with van der Waals surface area (Å²) in [5.74, 6) is -0.276. The number of amides is 3. The van der Waals surface area contributed by atoms with Crippen molar-refractivity contribution in [3.05, 3.63) is 28.8 Å². The average Bonchev–Trinajstić information content (AvgIpc) is 2.64. The van der Waals surface area contributed by atoms with Crippen LogP contribution in [0.3, 0.4) is 0 Å². The molecule has 1 fully saturated rings. The number of carbonyl (C=O) groups excluding carboxylic acids is 2. The number of hydrogen-bond donors (Lipinski definition) is 4. The highest BCUT2D eigenvalue weighted by atomic mass is 35.5. The van der Waals surface area contributed by atoms with Crippen LogP contribution < -0.4 is 16.0 Å². The van der Waals surface area contributed by atoms with Gasteiger partial charge >= 0.3 is 6.03 Å². The number of rotatable bonds is 7. The Labute approximate surface area is 159 Å². The predicted molar refractivity (Wildman–Crippen MR) is 103 cm³/mol. The van der Waals surface area contributed by atoms with Crippen LogP contribution >= 0.6 is 11.6 Å². The van der Waals surface area contributed by atoms with Crippen LogP contribution in [0.4, 0.5) is 10.5 Å². The Bertz CT molecular complexity index is 626. The van der Waals surface area contributed by atoms with Gasteiger partial charge in [-0.25, -0.2) is 4.79 Å². The first-order valence-electron chi connectivity index (χ1n) is 9.02. The van der Waals surface area contributed by atoms with E-state index < -0.39 is 0 Å². The number of aliphatic hydroxyl groups is 1. The van der Waals surface area contributed by atoms with Crippen LogP contribution in [-0.2, 0) is 0 Å². The molecule has 0 saturated carbocycles. The highest BCUT2D eigenvalue weighted by Gasteiger charge is 2.21. The molecule has 1 aliphatic heterocycles. The number of halogens is 1. The fourth-order valence-corrected chi connectivity index (χ4v) is 3.29. The first kappa shape index (κ1) is 20.5. The molecule has 1 aromatic rings. The van der Waals surface area contributed by atoms with Gasteiger partial charge in [0.05, 0.1) is 17.2 Å². The number of nitrogens with one attached hydrogen (secondary N) is 3. The predicted octanol–water partition coefficient (Wildman–Crippen LogP) is 2.06. The van der Waals surface area contributed by atoms with Crippen molar-refractivity contribution in [2.45, 2.75) is 32.2 Å².